The van der Waals surface area contributed by atoms with E-state index in [1.54, 1.807) is 113 Å². The van der Waals surface area contributed by atoms with Gasteiger partial charge in [0.05, 0.1) is 79.3 Å². The van der Waals surface area contributed by atoms with E-state index in [2.05, 4.69) is 312 Å². The van der Waals surface area contributed by atoms with Crippen molar-refractivity contribution in [1.29, 1.82) is 0 Å². The first-order chi connectivity index (χ1) is 46.9. The molecular weight excluding hydrogens is 1470 g/mol. The van der Waals surface area contributed by atoms with E-state index in [1.807, 2.05) is 56.7 Å². The molecule has 0 saturated carbocycles. The zero-order valence-electron chi connectivity index (χ0n) is 52.8. The Balaban J connectivity index is 0.000000104. The standard InChI is InChI=1S/C13H13N2S2.2C13H12N2S2.C12H9S3.2C12H8S3/c3*1-13(2)11(9-5-3-7-16-9)14-15-12(13)10-6-4-8-17-10;3*1-3-9(13-7-1)11-5-6-12(15-11)10-4-2-8-14-10/h3-8,11H,1-2H3;2*3-8H,1-2H3;1-5,7-8H,6H2;2*1-8H/q+1;;;+1;;. The molecule has 0 aromatic carbocycles. The Labute approximate surface area is 620 Å². The van der Waals surface area contributed by atoms with Crippen molar-refractivity contribution >= 4 is 208 Å². The van der Waals surface area contributed by atoms with Crippen LogP contribution in [-0.2, 0) is 11.4 Å². The number of rotatable bonds is 12. The van der Waals surface area contributed by atoms with E-state index in [1.165, 1.54) is 87.8 Å². The van der Waals surface area contributed by atoms with Crippen LogP contribution in [0.3, 0.4) is 0 Å². The third kappa shape index (κ3) is 15.9. The highest BCUT2D eigenvalue weighted by Gasteiger charge is 2.51. The maximum Gasteiger partial charge on any atom is 0.366 e. The summed E-state index contributed by atoms with van der Waals surface area (Å²) >= 11 is 26.9. The van der Waals surface area contributed by atoms with Gasteiger partial charge in [0.1, 0.15) is 10.3 Å². The summed E-state index contributed by atoms with van der Waals surface area (Å²) < 4.78 is 0. The molecule has 96 heavy (non-hydrogen) atoms. The summed E-state index contributed by atoms with van der Waals surface area (Å²) in [5.41, 5.74) is 5.21. The monoisotopic (exact) mass is 1530 g/mol. The highest BCUT2D eigenvalue weighted by Crippen LogP contribution is 2.45. The van der Waals surface area contributed by atoms with Gasteiger partial charge in [-0.1, -0.05) is 72.8 Å². The van der Waals surface area contributed by atoms with Crippen LogP contribution in [0.5, 0.6) is 0 Å². The van der Waals surface area contributed by atoms with Crippen molar-refractivity contribution in [3.63, 3.8) is 0 Å². The highest BCUT2D eigenvalue weighted by atomic mass is 32.2. The second kappa shape index (κ2) is 31.7. The molecule has 0 radical (unpaired) electrons. The third-order valence-corrected chi connectivity index (χ3v) is 30.6. The average molecular weight is 1530 g/mol. The van der Waals surface area contributed by atoms with E-state index in [-0.39, 0.29) is 22.3 Å². The second-order valence-electron chi connectivity index (χ2n) is 23.1. The molecule has 18 rings (SSSR count). The van der Waals surface area contributed by atoms with Gasteiger partial charge in [-0.2, -0.15) is 20.4 Å². The van der Waals surface area contributed by atoms with Gasteiger partial charge in [-0.05, 0) is 209 Å². The molecule has 14 aromatic heterocycles. The van der Waals surface area contributed by atoms with Crippen molar-refractivity contribution in [2.24, 2.45) is 41.8 Å². The van der Waals surface area contributed by atoms with Gasteiger partial charge in [0.15, 0.2) is 6.04 Å². The summed E-state index contributed by atoms with van der Waals surface area (Å²) in [6, 6.07) is 59.8. The summed E-state index contributed by atoms with van der Waals surface area (Å²) in [6.07, 6.45) is 3.43. The predicted octanol–water partition coefficient (Wildman–Crippen LogP) is 26.4. The summed E-state index contributed by atoms with van der Waals surface area (Å²) in [7, 11) is 0. The predicted molar refractivity (Wildman–Crippen MR) is 438 cm³/mol. The first-order valence-electron chi connectivity index (χ1n) is 30.4. The molecule has 1 atom stereocenters. The van der Waals surface area contributed by atoms with Crippen LogP contribution in [0.1, 0.15) is 93.0 Å². The lowest BCUT2D eigenvalue weighted by atomic mass is 9.79. The van der Waals surface area contributed by atoms with Gasteiger partial charge in [-0.3, -0.25) is 0 Å². The Kier molecular flexibility index (Phi) is 22.5. The van der Waals surface area contributed by atoms with Crippen LogP contribution >= 0.6 is 159 Å². The first kappa shape index (κ1) is 68.2. The summed E-state index contributed by atoms with van der Waals surface area (Å²) in [4.78, 5) is 28.5. The molecule has 14 aromatic rings. The fraction of sp³-hybridized carbons (Fsp3) is 0.147. The van der Waals surface area contributed by atoms with Crippen LogP contribution in [0.4, 0.5) is 0 Å². The molecule has 18 heterocycles. The van der Waals surface area contributed by atoms with E-state index in [9.17, 15) is 0 Å². The number of hydrogen-bond donors (Lipinski definition) is 0. The minimum absolute atomic E-state index is 0.0181. The number of nitrogens with zero attached hydrogens (tertiary/aromatic N) is 6. The normalized spacial score (nSPS) is 15.9. The van der Waals surface area contributed by atoms with Crippen molar-refractivity contribution in [2.45, 2.75) is 54.0 Å². The van der Waals surface area contributed by atoms with Crippen LogP contribution in [0.25, 0.3) is 43.9 Å². The number of thiophene rings is 14. The van der Waals surface area contributed by atoms with E-state index in [0.717, 1.165) is 35.0 Å². The molecule has 0 bridgehead atoms. The zero-order chi connectivity index (χ0) is 65.9. The Morgan fingerprint density at radius 2 is 0.615 bits per heavy atom. The lowest BCUT2D eigenvalue weighted by molar-refractivity contribution is -0.0832. The van der Waals surface area contributed by atoms with Crippen molar-refractivity contribution < 1.29 is 4.79 Å². The highest BCUT2D eigenvalue weighted by molar-refractivity contribution is 7.89. The third-order valence-electron chi connectivity index (χ3n) is 15.6. The average Bonchev–Trinajstić information content (AvgIpc) is 1.63. The van der Waals surface area contributed by atoms with Gasteiger partial charge in [0, 0.05) is 43.9 Å². The minimum Gasteiger partial charge on any atom is -0.153 e. The lowest BCUT2D eigenvalue weighted by Crippen LogP contribution is -2.30. The maximum atomic E-state index is 4.47. The topological polar surface area (TPSA) is 75.9 Å². The van der Waals surface area contributed by atoms with Crippen LogP contribution in [0.15, 0.2) is 266 Å². The Bertz CT molecular complexity index is 4500. The molecule has 0 saturated heterocycles. The molecule has 4 aliphatic rings. The van der Waals surface area contributed by atoms with Crippen LogP contribution in [0.2, 0.25) is 0 Å². The second-order valence-corrected chi connectivity index (χ2v) is 37.8. The van der Waals surface area contributed by atoms with E-state index >= 15 is 0 Å². The van der Waals surface area contributed by atoms with Crippen LogP contribution < -0.4 is 0 Å². The quantitative estimate of drug-likeness (QED) is 0.0664. The van der Waals surface area contributed by atoms with Crippen molar-refractivity contribution in [2.75, 3.05) is 0 Å². The number of hydrogen-bond acceptors (Lipinski definition) is 19. The van der Waals surface area contributed by atoms with E-state index in [0.29, 0.717) is 0 Å². The van der Waals surface area contributed by atoms with Gasteiger partial charge in [-0.15, -0.1) is 159 Å². The molecule has 0 N–H and O–H groups in total. The summed E-state index contributed by atoms with van der Waals surface area (Å²) in [5, 5.41) is 47.3. The molecule has 0 aliphatic carbocycles. The Hall–Kier alpha value is -6.31. The van der Waals surface area contributed by atoms with Crippen LogP contribution in [0, 0.1) is 16.2 Å². The van der Waals surface area contributed by atoms with Crippen molar-refractivity contribution in [3.05, 3.63) is 280 Å². The molecule has 480 valence electrons. The fourth-order valence-corrected chi connectivity index (χ4v) is 24.1. The maximum absolute atomic E-state index is 4.47. The SMILES string of the molecule is C1=C(c2cccs2)[S+]=C(c2cccs2)C1.CC1(C)C(c2cccs2)=NN=C1c1cccs1.CC1(C)C(c2cccs2)=NN=C1c1cccs1.CC1(C)C(c2cccs2)=[N+]=NC1c1cccs1.c1csc(-c2ccc(-c3cccs3)s2)c1.c1csc(-c2ccc(-c3cccs3)s2)c1. The van der Waals surface area contributed by atoms with Gasteiger partial charge in [-0.25, -0.2) is 0 Å². The largest absolute Gasteiger partial charge is 0.366 e. The molecule has 1 unspecified atom stereocenters. The lowest BCUT2D eigenvalue weighted by Gasteiger charge is -2.21. The van der Waals surface area contributed by atoms with E-state index in [4.69, 9.17) is 0 Å². The summed E-state index contributed by atoms with van der Waals surface area (Å²) in [6.45, 7) is 13.2. The molecular formula is C75H62N6S15+2. The molecule has 4 aliphatic heterocycles. The first-order valence-corrected chi connectivity index (χ1v) is 43.4. The minimum atomic E-state index is -0.101. The Morgan fingerprint density at radius 1 is 0.323 bits per heavy atom. The molecule has 0 fully saturated rings. The molecule has 21 heteroatoms. The van der Waals surface area contributed by atoms with Gasteiger partial charge < -0.3 is 0 Å². The molecule has 0 spiro atoms. The Morgan fingerprint density at radius 3 is 0.927 bits per heavy atom. The summed E-state index contributed by atoms with van der Waals surface area (Å²) in [5.74, 6) is 0. The van der Waals surface area contributed by atoms with E-state index < -0.39 is 0 Å². The number of allylic oxidation sites excluding steroid dienone is 1. The fourth-order valence-electron chi connectivity index (χ4n) is 10.6. The van der Waals surface area contributed by atoms with Gasteiger partial charge in [0.25, 0.3) is 0 Å². The molecule has 0 amide bonds. The smallest absolute Gasteiger partial charge is 0.153 e. The van der Waals surface area contributed by atoms with Crippen molar-refractivity contribution in [1.82, 2.24) is 0 Å². The molecule has 6 nitrogen and oxygen atoms in total. The van der Waals surface area contributed by atoms with Gasteiger partial charge in [0.2, 0.25) is 21.1 Å². The van der Waals surface area contributed by atoms with Gasteiger partial charge >= 0.3 is 5.71 Å². The van der Waals surface area contributed by atoms with Crippen LogP contribution in [-0.4, -0.2) is 38.2 Å². The van der Waals surface area contributed by atoms with Crippen molar-refractivity contribution in [3.8, 4) is 39.0 Å². The zero-order valence-corrected chi connectivity index (χ0v) is 65.0.